The largest absolute Gasteiger partial charge is 0.480 e. The van der Waals surface area contributed by atoms with Crippen LogP contribution in [0.15, 0.2) is 18.5 Å². The van der Waals surface area contributed by atoms with Crippen molar-refractivity contribution < 1.29 is 9.90 Å². The van der Waals surface area contributed by atoms with Gasteiger partial charge in [-0.3, -0.25) is 0 Å². The van der Waals surface area contributed by atoms with Crippen LogP contribution in [0.5, 0.6) is 0 Å². The third kappa shape index (κ3) is 1.79. The van der Waals surface area contributed by atoms with Gasteiger partial charge in [0.1, 0.15) is 11.1 Å². The molecule has 0 atom stereocenters. The summed E-state index contributed by atoms with van der Waals surface area (Å²) in [6, 6.07) is 1.89. The molecular formula is C12H16N4O2. The Kier molecular flexibility index (Phi) is 2.73. The molecule has 0 bridgehead atoms. The molecule has 6 heteroatoms. The van der Waals surface area contributed by atoms with E-state index in [4.69, 9.17) is 0 Å². The van der Waals surface area contributed by atoms with Crippen LogP contribution < -0.4 is 4.90 Å². The lowest BCUT2D eigenvalue weighted by Crippen LogP contribution is -2.48. The van der Waals surface area contributed by atoms with Crippen LogP contribution in [0.25, 0.3) is 5.52 Å². The monoisotopic (exact) mass is 248 g/mol. The fourth-order valence-corrected chi connectivity index (χ4v) is 1.70. The molecule has 0 amide bonds. The van der Waals surface area contributed by atoms with E-state index in [9.17, 15) is 9.90 Å². The van der Waals surface area contributed by atoms with Gasteiger partial charge in [-0.05, 0) is 26.8 Å². The van der Waals surface area contributed by atoms with Crippen molar-refractivity contribution in [3.05, 3.63) is 24.2 Å². The SMILES string of the molecule is Cc1cc2c(N(C)C(C)(C)C(=O)O)nccn2n1. The fraction of sp³-hybridized carbons (Fsp3) is 0.417. The van der Waals surface area contributed by atoms with Crippen molar-refractivity contribution in [1.82, 2.24) is 14.6 Å². The number of aryl methyl sites for hydroxylation is 1. The minimum Gasteiger partial charge on any atom is -0.480 e. The highest BCUT2D eigenvalue weighted by atomic mass is 16.4. The summed E-state index contributed by atoms with van der Waals surface area (Å²) >= 11 is 0. The summed E-state index contributed by atoms with van der Waals surface area (Å²) in [4.78, 5) is 17.2. The van der Waals surface area contributed by atoms with Crippen LogP contribution in [-0.2, 0) is 4.79 Å². The van der Waals surface area contributed by atoms with Crippen LogP contribution in [0, 0.1) is 6.92 Å². The predicted octanol–water partition coefficient (Wildman–Crippen LogP) is 1.34. The molecule has 0 aromatic carbocycles. The maximum absolute atomic E-state index is 11.3. The number of anilines is 1. The van der Waals surface area contributed by atoms with Crippen LogP contribution in [0.3, 0.4) is 0 Å². The molecule has 0 unspecified atom stereocenters. The molecule has 0 radical (unpaired) electrons. The maximum atomic E-state index is 11.3. The van der Waals surface area contributed by atoms with E-state index in [1.165, 1.54) is 0 Å². The van der Waals surface area contributed by atoms with Crippen molar-refractivity contribution in [3.63, 3.8) is 0 Å². The Morgan fingerprint density at radius 3 is 2.78 bits per heavy atom. The van der Waals surface area contributed by atoms with E-state index in [0.717, 1.165) is 11.2 Å². The quantitative estimate of drug-likeness (QED) is 0.887. The van der Waals surface area contributed by atoms with Gasteiger partial charge in [0.25, 0.3) is 0 Å². The predicted molar refractivity (Wildman–Crippen MR) is 67.8 cm³/mol. The van der Waals surface area contributed by atoms with Gasteiger partial charge in [-0.2, -0.15) is 5.10 Å². The molecule has 2 aromatic rings. The second kappa shape index (κ2) is 3.97. The zero-order valence-corrected chi connectivity index (χ0v) is 10.9. The van der Waals surface area contributed by atoms with E-state index in [1.54, 1.807) is 42.7 Å². The Labute approximate surface area is 105 Å². The lowest BCUT2D eigenvalue weighted by atomic mass is 10.0. The van der Waals surface area contributed by atoms with Crippen molar-refractivity contribution in [2.24, 2.45) is 0 Å². The molecule has 0 aliphatic heterocycles. The van der Waals surface area contributed by atoms with Gasteiger partial charge in [-0.25, -0.2) is 14.3 Å². The summed E-state index contributed by atoms with van der Waals surface area (Å²) in [6.07, 6.45) is 3.36. The lowest BCUT2D eigenvalue weighted by Gasteiger charge is -2.32. The van der Waals surface area contributed by atoms with E-state index in [0.29, 0.717) is 5.82 Å². The number of carbonyl (C=O) groups is 1. The lowest BCUT2D eigenvalue weighted by molar-refractivity contribution is -0.142. The summed E-state index contributed by atoms with van der Waals surface area (Å²) in [5.74, 6) is -0.296. The highest BCUT2D eigenvalue weighted by molar-refractivity contribution is 5.84. The topological polar surface area (TPSA) is 70.7 Å². The third-order valence-corrected chi connectivity index (χ3v) is 3.17. The number of hydrogen-bond acceptors (Lipinski definition) is 4. The molecule has 0 aliphatic rings. The van der Waals surface area contributed by atoms with Gasteiger partial charge in [0.05, 0.1) is 5.69 Å². The Morgan fingerprint density at radius 1 is 1.50 bits per heavy atom. The molecule has 96 valence electrons. The summed E-state index contributed by atoms with van der Waals surface area (Å²) in [6.45, 7) is 5.17. The minimum absolute atomic E-state index is 0.602. The number of carboxylic acids is 1. The standard InChI is InChI=1S/C12H16N4O2/c1-8-7-9-10(13-5-6-16(9)14-8)15(4)12(2,3)11(17)18/h5-7H,1-4H3,(H,17,18). The third-order valence-electron chi connectivity index (χ3n) is 3.17. The highest BCUT2D eigenvalue weighted by Crippen LogP contribution is 2.25. The number of carboxylic acid groups (broad SMARTS) is 1. The first-order chi connectivity index (χ1) is 8.34. The number of aliphatic carboxylic acids is 1. The van der Waals surface area contributed by atoms with E-state index in [1.807, 2.05) is 13.0 Å². The smallest absolute Gasteiger partial charge is 0.328 e. The Morgan fingerprint density at radius 2 is 2.17 bits per heavy atom. The average molecular weight is 248 g/mol. The molecule has 0 saturated heterocycles. The molecule has 2 rings (SSSR count). The van der Waals surface area contributed by atoms with Crippen LogP contribution in [0.2, 0.25) is 0 Å². The molecule has 0 fully saturated rings. The molecule has 1 N–H and O–H groups in total. The van der Waals surface area contributed by atoms with Gasteiger partial charge in [-0.15, -0.1) is 0 Å². The Balaban J connectivity index is 2.57. The molecular weight excluding hydrogens is 232 g/mol. The molecule has 2 heterocycles. The summed E-state index contributed by atoms with van der Waals surface area (Å²) in [5, 5.41) is 13.5. The molecule has 0 spiro atoms. The van der Waals surface area contributed by atoms with Crippen LogP contribution >= 0.6 is 0 Å². The number of aromatic nitrogens is 3. The van der Waals surface area contributed by atoms with Crippen molar-refractivity contribution in [1.29, 1.82) is 0 Å². The maximum Gasteiger partial charge on any atom is 0.328 e. The van der Waals surface area contributed by atoms with Crippen molar-refractivity contribution in [2.45, 2.75) is 26.3 Å². The number of fused-ring (bicyclic) bond motifs is 1. The summed E-state index contributed by atoms with van der Waals surface area (Å²) in [7, 11) is 1.72. The van der Waals surface area contributed by atoms with Crippen LogP contribution in [-0.4, -0.2) is 38.3 Å². The first-order valence-electron chi connectivity index (χ1n) is 5.62. The molecule has 0 aliphatic carbocycles. The molecule has 0 saturated carbocycles. The van der Waals surface area contributed by atoms with Crippen molar-refractivity contribution in [2.75, 3.05) is 11.9 Å². The zero-order chi connectivity index (χ0) is 13.5. The first kappa shape index (κ1) is 12.3. The van der Waals surface area contributed by atoms with Gasteiger partial charge >= 0.3 is 5.97 Å². The van der Waals surface area contributed by atoms with Gasteiger partial charge in [-0.1, -0.05) is 0 Å². The number of hydrogen-bond donors (Lipinski definition) is 1. The van der Waals surface area contributed by atoms with Gasteiger partial charge in [0, 0.05) is 19.4 Å². The Hall–Kier alpha value is -2.11. The van der Waals surface area contributed by atoms with Crippen LogP contribution in [0.4, 0.5) is 5.82 Å². The summed E-state index contributed by atoms with van der Waals surface area (Å²) in [5.41, 5.74) is 0.630. The number of likely N-dealkylation sites (N-methyl/N-ethyl adjacent to an activating group) is 1. The zero-order valence-electron chi connectivity index (χ0n) is 10.9. The first-order valence-corrected chi connectivity index (χ1v) is 5.62. The molecule has 6 nitrogen and oxygen atoms in total. The number of rotatable bonds is 3. The highest BCUT2D eigenvalue weighted by Gasteiger charge is 2.34. The molecule has 18 heavy (non-hydrogen) atoms. The molecule has 2 aromatic heterocycles. The van der Waals surface area contributed by atoms with E-state index >= 15 is 0 Å². The normalized spacial score (nSPS) is 11.8. The van der Waals surface area contributed by atoms with Gasteiger partial charge < -0.3 is 10.0 Å². The summed E-state index contributed by atoms with van der Waals surface area (Å²) < 4.78 is 1.70. The van der Waals surface area contributed by atoms with Crippen LogP contribution in [0.1, 0.15) is 19.5 Å². The van der Waals surface area contributed by atoms with E-state index in [2.05, 4.69) is 10.1 Å². The second-order valence-corrected chi connectivity index (χ2v) is 4.79. The average Bonchev–Trinajstić information content (AvgIpc) is 2.67. The van der Waals surface area contributed by atoms with Crippen molar-refractivity contribution in [3.8, 4) is 0 Å². The van der Waals surface area contributed by atoms with E-state index < -0.39 is 11.5 Å². The van der Waals surface area contributed by atoms with Gasteiger partial charge in [0.2, 0.25) is 0 Å². The fourth-order valence-electron chi connectivity index (χ4n) is 1.70. The van der Waals surface area contributed by atoms with Gasteiger partial charge in [0.15, 0.2) is 5.82 Å². The number of nitrogens with zero attached hydrogens (tertiary/aromatic N) is 4. The second-order valence-electron chi connectivity index (χ2n) is 4.79. The Bertz CT molecular complexity index is 603. The minimum atomic E-state index is -1.03. The van der Waals surface area contributed by atoms with Crippen molar-refractivity contribution >= 4 is 17.3 Å². The van der Waals surface area contributed by atoms with E-state index in [-0.39, 0.29) is 0 Å².